The van der Waals surface area contributed by atoms with Crippen molar-refractivity contribution in [2.75, 3.05) is 5.32 Å². The molecule has 0 bridgehead atoms. The molecule has 0 fully saturated rings. The smallest absolute Gasteiger partial charge is 0.225 e. The van der Waals surface area contributed by atoms with Gasteiger partial charge in [0.25, 0.3) is 0 Å². The molecule has 2 rings (SSSR count). The summed E-state index contributed by atoms with van der Waals surface area (Å²) in [6.45, 7) is 1.87. The van der Waals surface area contributed by atoms with E-state index in [-0.39, 0.29) is 22.3 Å². The highest BCUT2D eigenvalue weighted by molar-refractivity contribution is 6.32. The van der Waals surface area contributed by atoms with Gasteiger partial charge in [0.1, 0.15) is 16.8 Å². The fourth-order valence-electron chi connectivity index (χ4n) is 1.40. The zero-order chi connectivity index (χ0) is 13.1. The molecule has 4 nitrogen and oxygen atoms in total. The molecule has 0 aliphatic rings. The van der Waals surface area contributed by atoms with Gasteiger partial charge in [0, 0.05) is 6.07 Å². The number of nitrogens with zero attached hydrogens (tertiary/aromatic N) is 3. The minimum absolute atomic E-state index is 0.0595. The van der Waals surface area contributed by atoms with Crippen molar-refractivity contribution in [1.82, 2.24) is 15.0 Å². The molecule has 0 aliphatic heterocycles. The third-order valence-electron chi connectivity index (χ3n) is 2.23. The Morgan fingerprint density at radius 3 is 2.67 bits per heavy atom. The van der Waals surface area contributed by atoms with Gasteiger partial charge in [0.2, 0.25) is 5.28 Å². The first kappa shape index (κ1) is 13.0. The van der Waals surface area contributed by atoms with Gasteiger partial charge in [-0.25, -0.2) is 14.4 Å². The molecule has 2 aromatic rings. The Balaban J connectivity index is 2.15. The topological polar surface area (TPSA) is 50.7 Å². The molecular formula is C11H9Cl2FN4. The van der Waals surface area contributed by atoms with Gasteiger partial charge in [0.15, 0.2) is 0 Å². The van der Waals surface area contributed by atoms with Crippen molar-refractivity contribution in [2.24, 2.45) is 0 Å². The normalized spacial score (nSPS) is 12.2. The van der Waals surface area contributed by atoms with Gasteiger partial charge < -0.3 is 5.32 Å². The first-order valence-electron chi connectivity index (χ1n) is 5.12. The van der Waals surface area contributed by atoms with Crippen molar-refractivity contribution in [3.8, 4) is 0 Å². The molecule has 0 aromatic carbocycles. The summed E-state index contributed by atoms with van der Waals surface area (Å²) in [5, 5.41) is 3.36. The largest absolute Gasteiger partial charge is 0.362 e. The summed E-state index contributed by atoms with van der Waals surface area (Å²) in [6, 6.07) is 4.33. The molecule has 18 heavy (non-hydrogen) atoms. The first-order chi connectivity index (χ1) is 8.54. The number of nitrogens with one attached hydrogen (secondary N) is 1. The van der Waals surface area contributed by atoms with E-state index in [1.54, 1.807) is 12.1 Å². The van der Waals surface area contributed by atoms with Crippen LogP contribution in [-0.4, -0.2) is 15.0 Å². The van der Waals surface area contributed by atoms with Gasteiger partial charge in [-0.3, -0.25) is 4.98 Å². The molecule has 0 saturated heterocycles. The number of anilines is 1. The maximum absolute atomic E-state index is 12.7. The van der Waals surface area contributed by atoms with E-state index in [0.717, 1.165) is 6.20 Å². The molecule has 1 unspecified atom stereocenters. The molecule has 1 atom stereocenters. The molecule has 0 spiro atoms. The summed E-state index contributed by atoms with van der Waals surface area (Å²) in [6.07, 6.45) is 1.16. The van der Waals surface area contributed by atoms with Crippen LogP contribution >= 0.6 is 23.2 Å². The standard InChI is InChI=1S/C11H9Cl2FN4/c1-6(8-3-2-7(14)5-15-8)16-10-4-9(12)17-11(13)18-10/h2-6H,1H3,(H,16,17,18). The van der Waals surface area contributed by atoms with Crippen LogP contribution in [0.15, 0.2) is 24.4 Å². The van der Waals surface area contributed by atoms with Crippen LogP contribution in [0.5, 0.6) is 0 Å². The van der Waals surface area contributed by atoms with Crippen molar-refractivity contribution in [3.05, 3.63) is 46.3 Å². The molecule has 94 valence electrons. The second-order valence-electron chi connectivity index (χ2n) is 3.61. The van der Waals surface area contributed by atoms with Crippen molar-refractivity contribution in [3.63, 3.8) is 0 Å². The van der Waals surface area contributed by atoms with E-state index >= 15 is 0 Å². The molecular weight excluding hydrogens is 278 g/mol. The highest BCUT2D eigenvalue weighted by Crippen LogP contribution is 2.19. The lowest BCUT2D eigenvalue weighted by Crippen LogP contribution is -2.10. The lowest BCUT2D eigenvalue weighted by atomic mass is 10.2. The molecule has 0 amide bonds. The zero-order valence-electron chi connectivity index (χ0n) is 9.36. The highest BCUT2D eigenvalue weighted by Gasteiger charge is 2.09. The predicted octanol–water partition coefficient (Wildman–Crippen LogP) is 3.49. The van der Waals surface area contributed by atoms with Crippen LogP contribution in [0.4, 0.5) is 10.2 Å². The Labute approximate surface area is 113 Å². The van der Waals surface area contributed by atoms with Crippen LogP contribution in [0.3, 0.4) is 0 Å². The van der Waals surface area contributed by atoms with Gasteiger partial charge >= 0.3 is 0 Å². The molecule has 0 saturated carbocycles. The number of rotatable bonds is 3. The summed E-state index contributed by atoms with van der Waals surface area (Å²) in [5.74, 6) is 0.109. The van der Waals surface area contributed by atoms with Gasteiger partial charge in [-0.05, 0) is 30.7 Å². The summed E-state index contributed by atoms with van der Waals surface area (Å²) in [5.41, 5.74) is 0.683. The summed E-state index contributed by atoms with van der Waals surface area (Å²) < 4.78 is 12.7. The second kappa shape index (κ2) is 5.46. The number of pyridine rings is 1. The van der Waals surface area contributed by atoms with Gasteiger partial charge in [0.05, 0.1) is 17.9 Å². The quantitative estimate of drug-likeness (QED) is 0.693. The minimum Gasteiger partial charge on any atom is -0.362 e. The maximum Gasteiger partial charge on any atom is 0.225 e. The van der Waals surface area contributed by atoms with Crippen molar-refractivity contribution in [2.45, 2.75) is 13.0 Å². The summed E-state index contributed by atoms with van der Waals surface area (Å²) in [4.78, 5) is 11.7. The molecule has 0 aliphatic carbocycles. The maximum atomic E-state index is 12.7. The molecule has 1 N–H and O–H groups in total. The lowest BCUT2D eigenvalue weighted by Gasteiger charge is -2.13. The fraction of sp³-hybridized carbons (Fsp3) is 0.182. The lowest BCUT2D eigenvalue weighted by molar-refractivity contribution is 0.617. The number of hydrogen-bond donors (Lipinski definition) is 1. The minimum atomic E-state index is -0.376. The van der Waals surface area contributed by atoms with Crippen LogP contribution in [0.25, 0.3) is 0 Å². The molecule has 2 aromatic heterocycles. The average Bonchev–Trinajstić information content (AvgIpc) is 2.28. The van der Waals surface area contributed by atoms with E-state index in [0.29, 0.717) is 11.5 Å². The van der Waals surface area contributed by atoms with Gasteiger partial charge in [-0.15, -0.1) is 0 Å². The van der Waals surface area contributed by atoms with Crippen molar-refractivity contribution in [1.29, 1.82) is 0 Å². The predicted molar refractivity (Wildman–Crippen MR) is 68.3 cm³/mol. The number of halogens is 3. The van der Waals surface area contributed by atoms with Gasteiger partial charge in [-0.1, -0.05) is 11.6 Å². The Morgan fingerprint density at radius 1 is 1.28 bits per heavy atom. The Bertz CT molecular complexity index is 527. The molecule has 2 heterocycles. The van der Waals surface area contributed by atoms with Crippen LogP contribution < -0.4 is 5.32 Å². The third-order valence-corrected chi connectivity index (χ3v) is 2.59. The van der Waals surface area contributed by atoms with E-state index in [1.807, 2.05) is 6.92 Å². The summed E-state index contributed by atoms with van der Waals surface area (Å²) in [7, 11) is 0. The van der Waals surface area contributed by atoms with E-state index in [4.69, 9.17) is 23.2 Å². The van der Waals surface area contributed by atoms with Crippen LogP contribution in [0.1, 0.15) is 18.7 Å². The van der Waals surface area contributed by atoms with E-state index < -0.39 is 0 Å². The SMILES string of the molecule is CC(Nc1cc(Cl)nc(Cl)n1)c1ccc(F)cn1. The van der Waals surface area contributed by atoms with Crippen molar-refractivity contribution < 1.29 is 4.39 Å². The van der Waals surface area contributed by atoms with Gasteiger partial charge in [-0.2, -0.15) is 0 Å². The zero-order valence-corrected chi connectivity index (χ0v) is 10.9. The second-order valence-corrected chi connectivity index (χ2v) is 4.34. The molecule has 0 radical (unpaired) electrons. The van der Waals surface area contributed by atoms with Crippen LogP contribution in [0, 0.1) is 5.82 Å². The first-order valence-corrected chi connectivity index (χ1v) is 5.88. The van der Waals surface area contributed by atoms with Crippen LogP contribution in [-0.2, 0) is 0 Å². The Kier molecular flexibility index (Phi) is 3.93. The molecule has 7 heteroatoms. The number of aromatic nitrogens is 3. The monoisotopic (exact) mass is 286 g/mol. The average molecular weight is 287 g/mol. The van der Waals surface area contributed by atoms with E-state index in [1.165, 1.54) is 6.07 Å². The fourth-order valence-corrected chi connectivity index (χ4v) is 1.81. The van der Waals surface area contributed by atoms with E-state index in [9.17, 15) is 4.39 Å². The van der Waals surface area contributed by atoms with E-state index in [2.05, 4.69) is 20.3 Å². The Hall–Kier alpha value is -1.46. The summed E-state index contributed by atoms with van der Waals surface area (Å²) >= 11 is 11.4. The van der Waals surface area contributed by atoms with Crippen LogP contribution in [0.2, 0.25) is 10.4 Å². The third kappa shape index (κ3) is 3.27. The van der Waals surface area contributed by atoms with Crippen molar-refractivity contribution >= 4 is 29.0 Å². The Morgan fingerprint density at radius 2 is 2.06 bits per heavy atom. The highest BCUT2D eigenvalue weighted by atomic mass is 35.5. The number of hydrogen-bond acceptors (Lipinski definition) is 4.